The van der Waals surface area contributed by atoms with Gasteiger partial charge in [-0.15, -0.1) is 0 Å². The van der Waals surface area contributed by atoms with Gasteiger partial charge in [-0.05, 0) is 18.9 Å². The zero-order valence-electron chi connectivity index (χ0n) is 17.7. The quantitative estimate of drug-likeness (QED) is 0.542. The molecule has 0 radical (unpaired) electrons. The Balaban J connectivity index is 1.88. The monoisotopic (exact) mass is 409 g/mol. The fourth-order valence-corrected chi connectivity index (χ4v) is 8.39. The molecule has 2 N–H and O–H groups in total. The van der Waals surface area contributed by atoms with Gasteiger partial charge in [-0.1, -0.05) is 45.0 Å². The van der Waals surface area contributed by atoms with Crippen LogP contribution in [0.2, 0.25) is 18.1 Å². The van der Waals surface area contributed by atoms with Crippen molar-refractivity contribution in [2.45, 2.75) is 57.8 Å². The Labute approximate surface area is 173 Å². The fourth-order valence-electron chi connectivity index (χ4n) is 4.65. The number of pyridine rings is 1. The van der Waals surface area contributed by atoms with E-state index >= 15 is 0 Å². The maximum Gasteiger partial charge on any atom is 0.143 e. The van der Waals surface area contributed by atoms with Crippen LogP contribution in [-0.2, 0) is 4.74 Å². The summed E-state index contributed by atoms with van der Waals surface area (Å²) in [6.07, 6.45) is 7.94. The van der Waals surface area contributed by atoms with Crippen LogP contribution in [0.15, 0.2) is 30.9 Å². The second-order valence-corrected chi connectivity index (χ2v) is 13.1. The van der Waals surface area contributed by atoms with E-state index < -0.39 is 8.07 Å². The van der Waals surface area contributed by atoms with Gasteiger partial charge < -0.3 is 15.0 Å². The zero-order valence-corrected chi connectivity index (χ0v) is 18.7. The molecule has 0 aliphatic carbocycles. The van der Waals surface area contributed by atoms with Crippen molar-refractivity contribution in [2.75, 3.05) is 18.5 Å². The van der Waals surface area contributed by atoms with Gasteiger partial charge in [0.15, 0.2) is 0 Å². The Kier molecular flexibility index (Phi) is 5.96. The predicted molar refractivity (Wildman–Crippen MR) is 121 cm³/mol. The van der Waals surface area contributed by atoms with Crippen LogP contribution in [0.5, 0.6) is 0 Å². The molecule has 29 heavy (non-hydrogen) atoms. The Hall–Kier alpha value is -2.25. The largest absolute Gasteiger partial charge is 0.376 e. The first kappa shape index (κ1) is 20.0. The van der Waals surface area contributed by atoms with Gasteiger partial charge in [0.25, 0.3) is 0 Å². The minimum Gasteiger partial charge on any atom is -0.376 e. The molecular formula is C22H31N5OSi. The lowest BCUT2D eigenvalue weighted by molar-refractivity contribution is 0.120. The normalized spacial score (nSPS) is 17.1. The highest BCUT2D eigenvalue weighted by molar-refractivity contribution is 6.92. The van der Waals surface area contributed by atoms with Gasteiger partial charge in [0.05, 0.1) is 11.5 Å². The van der Waals surface area contributed by atoms with Crippen molar-refractivity contribution >= 4 is 30.2 Å². The fraction of sp³-hybridized carbons (Fsp3) is 0.500. The molecule has 0 aromatic carbocycles. The molecule has 0 spiro atoms. The van der Waals surface area contributed by atoms with Gasteiger partial charge in [-0.2, -0.15) is 0 Å². The lowest BCUT2D eigenvalue weighted by Crippen LogP contribution is -2.47. The smallest absolute Gasteiger partial charge is 0.143 e. The first-order valence-electron chi connectivity index (χ1n) is 10.9. The predicted octanol–water partition coefficient (Wildman–Crippen LogP) is 4.33. The molecule has 0 amide bonds. The molecule has 4 heterocycles. The molecule has 6 nitrogen and oxygen atoms in total. The molecule has 1 saturated heterocycles. The van der Waals surface area contributed by atoms with Gasteiger partial charge >= 0.3 is 0 Å². The lowest BCUT2D eigenvalue weighted by Gasteiger charge is -2.28. The molecule has 1 aliphatic heterocycles. The van der Waals surface area contributed by atoms with Crippen LogP contribution in [0.3, 0.4) is 0 Å². The molecule has 0 bridgehead atoms. The number of nitrogens with zero attached hydrogens (tertiary/aromatic N) is 3. The summed E-state index contributed by atoms with van der Waals surface area (Å²) in [5.74, 6) is 0.887. The third kappa shape index (κ3) is 3.69. The number of anilines is 1. The van der Waals surface area contributed by atoms with Gasteiger partial charge in [0.1, 0.15) is 25.9 Å². The number of rotatable bonds is 8. The molecular weight excluding hydrogens is 378 g/mol. The number of aromatic nitrogens is 4. The Morgan fingerprint density at radius 2 is 2.03 bits per heavy atom. The van der Waals surface area contributed by atoms with E-state index in [4.69, 9.17) is 4.74 Å². The Morgan fingerprint density at radius 3 is 2.69 bits per heavy atom. The minimum atomic E-state index is -1.68. The van der Waals surface area contributed by atoms with Gasteiger partial charge in [0.2, 0.25) is 0 Å². The summed E-state index contributed by atoms with van der Waals surface area (Å²) in [4.78, 5) is 17.4. The molecule has 1 aliphatic rings. The van der Waals surface area contributed by atoms with Crippen LogP contribution in [0.1, 0.15) is 33.6 Å². The second kappa shape index (κ2) is 8.63. The maximum atomic E-state index is 5.80. The minimum absolute atomic E-state index is 0.260. The van der Waals surface area contributed by atoms with Crippen molar-refractivity contribution in [1.82, 2.24) is 19.9 Å². The summed E-state index contributed by atoms with van der Waals surface area (Å²) in [7, 11) is -1.68. The van der Waals surface area contributed by atoms with Crippen LogP contribution < -0.4 is 10.6 Å². The van der Waals surface area contributed by atoms with Crippen molar-refractivity contribution in [3.63, 3.8) is 0 Å². The van der Waals surface area contributed by atoms with Crippen molar-refractivity contribution in [2.24, 2.45) is 0 Å². The van der Waals surface area contributed by atoms with Gasteiger partial charge in [-0.25, -0.2) is 9.97 Å². The molecule has 1 atom stereocenters. The van der Waals surface area contributed by atoms with E-state index in [1.807, 2.05) is 18.5 Å². The molecule has 0 unspecified atom stereocenters. The lowest BCUT2D eigenvalue weighted by atomic mass is 10.1. The number of H-pyrrole nitrogens is 1. The SMILES string of the molecule is CC[Si](CC)(CC)c1[nH]c2ncnc(NC[C@@H]3CCCO3)c2c1-c1cccnc1. The summed E-state index contributed by atoms with van der Waals surface area (Å²) in [5.41, 5.74) is 3.28. The molecule has 3 aromatic heterocycles. The number of fused-ring (bicyclic) bond motifs is 1. The number of hydrogen-bond donors (Lipinski definition) is 2. The topological polar surface area (TPSA) is 75.7 Å². The highest BCUT2D eigenvalue weighted by Crippen LogP contribution is 2.34. The highest BCUT2D eigenvalue weighted by atomic mass is 28.3. The summed E-state index contributed by atoms with van der Waals surface area (Å²) < 4.78 is 5.80. The molecule has 0 saturated carbocycles. The summed E-state index contributed by atoms with van der Waals surface area (Å²) in [6.45, 7) is 8.63. The summed E-state index contributed by atoms with van der Waals surface area (Å²) in [5, 5.41) is 6.02. The van der Waals surface area contributed by atoms with Crippen LogP contribution >= 0.6 is 0 Å². The summed E-state index contributed by atoms with van der Waals surface area (Å²) >= 11 is 0. The molecule has 4 rings (SSSR count). The van der Waals surface area contributed by atoms with Crippen molar-refractivity contribution in [3.8, 4) is 11.1 Å². The van der Waals surface area contributed by atoms with Gasteiger partial charge in [0, 0.05) is 42.0 Å². The van der Waals surface area contributed by atoms with E-state index in [9.17, 15) is 0 Å². The van der Waals surface area contributed by atoms with E-state index in [2.05, 4.69) is 52.1 Å². The standard InChI is InChI=1S/C22H31N5OSi/c1-4-29(5-2,6-3)22-18(16-9-7-11-23-13-16)19-20(25-15-26-21(19)27-22)24-14-17-10-8-12-28-17/h7,9,11,13,15,17H,4-6,8,10,12,14H2,1-3H3,(H2,24,25,26,27)/t17-/m0/s1. The van der Waals surface area contributed by atoms with Crippen LogP contribution in [-0.4, -0.2) is 47.3 Å². The Morgan fingerprint density at radius 1 is 1.21 bits per heavy atom. The van der Waals surface area contributed by atoms with Crippen LogP contribution in [0, 0.1) is 0 Å². The average molecular weight is 410 g/mol. The Bertz CT molecular complexity index is 940. The summed E-state index contributed by atoms with van der Waals surface area (Å²) in [6, 6.07) is 7.76. The third-order valence-electron chi connectivity index (χ3n) is 6.62. The second-order valence-electron chi connectivity index (χ2n) is 7.92. The van der Waals surface area contributed by atoms with E-state index in [-0.39, 0.29) is 6.10 Å². The number of nitrogens with one attached hydrogen (secondary N) is 2. The van der Waals surface area contributed by atoms with Crippen molar-refractivity contribution < 1.29 is 4.74 Å². The van der Waals surface area contributed by atoms with Crippen molar-refractivity contribution in [3.05, 3.63) is 30.9 Å². The van der Waals surface area contributed by atoms with E-state index in [1.54, 1.807) is 6.33 Å². The molecule has 3 aromatic rings. The van der Waals surface area contributed by atoms with E-state index in [0.29, 0.717) is 0 Å². The first-order chi connectivity index (χ1) is 14.2. The zero-order chi connectivity index (χ0) is 20.3. The molecule has 7 heteroatoms. The third-order valence-corrected chi connectivity index (χ3v) is 12.1. The highest BCUT2D eigenvalue weighted by Gasteiger charge is 2.35. The first-order valence-corrected chi connectivity index (χ1v) is 13.5. The van der Waals surface area contributed by atoms with Gasteiger partial charge in [-0.3, -0.25) is 4.98 Å². The maximum absolute atomic E-state index is 5.80. The number of ether oxygens (including phenoxy) is 1. The number of aromatic amines is 1. The number of hydrogen-bond acceptors (Lipinski definition) is 5. The molecule has 154 valence electrons. The van der Waals surface area contributed by atoms with Crippen molar-refractivity contribution in [1.29, 1.82) is 0 Å². The van der Waals surface area contributed by atoms with E-state index in [0.717, 1.165) is 48.4 Å². The molecule has 1 fully saturated rings. The van der Waals surface area contributed by atoms with E-state index in [1.165, 1.54) is 29.0 Å². The average Bonchev–Trinajstić information content (AvgIpc) is 3.43. The van der Waals surface area contributed by atoms with Crippen LogP contribution in [0.4, 0.5) is 5.82 Å². The van der Waals surface area contributed by atoms with Crippen LogP contribution in [0.25, 0.3) is 22.2 Å².